The first-order chi connectivity index (χ1) is 7.16. The first kappa shape index (κ1) is 12.6. The van der Waals surface area contributed by atoms with Crippen molar-refractivity contribution in [3.63, 3.8) is 0 Å². The van der Waals surface area contributed by atoms with E-state index in [9.17, 15) is 0 Å². The fourth-order valence-electron chi connectivity index (χ4n) is 1.51. The van der Waals surface area contributed by atoms with E-state index in [0.717, 1.165) is 12.4 Å². The molecule has 0 spiro atoms. The fourth-order valence-corrected chi connectivity index (χ4v) is 1.51. The molecule has 0 aliphatic carbocycles. The molecule has 0 radical (unpaired) electrons. The Balaban J connectivity index is 0.00000128. The lowest BCUT2D eigenvalue weighted by molar-refractivity contribution is 0.715. The standard InChI is InChI=1S/C10H15N5.ClH/c1-8-6-12-15(3)9(8)7-11-10-4-5-14(2)13-10;/h4-6H,7H2,1-3H3,(H,11,13);1H. The first-order valence-corrected chi connectivity index (χ1v) is 4.88. The van der Waals surface area contributed by atoms with Crippen molar-refractivity contribution >= 4 is 18.2 Å². The smallest absolute Gasteiger partial charge is 0.148 e. The van der Waals surface area contributed by atoms with Crippen molar-refractivity contribution < 1.29 is 0 Å². The van der Waals surface area contributed by atoms with Gasteiger partial charge in [0.25, 0.3) is 0 Å². The number of anilines is 1. The number of nitrogens with zero attached hydrogens (tertiary/aromatic N) is 4. The Labute approximate surface area is 101 Å². The van der Waals surface area contributed by atoms with Gasteiger partial charge in [-0.05, 0) is 12.5 Å². The second-order valence-corrected chi connectivity index (χ2v) is 3.63. The van der Waals surface area contributed by atoms with E-state index in [1.54, 1.807) is 4.68 Å². The number of aryl methyl sites for hydroxylation is 3. The number of aromatic nitrogens is 4. The zero-order valence-electron chi connectivity index (χ0n) is 9.64. The number of halogens is 1. The molecule has 0 aliphatic heterocycles. The van der Waals surface area contributed by atoms with E-state index in [0.29, 0.717) is 0 Å². The quantitative estimate of drug-likeness (QED) is 0.886. The van der Waals surface area contributed by atoms with E-state index < -0.39 is 0 Å². The summed E-state index contributed by atoms with van der Waals surface area (Å²) in [5, 5.41) is 11.7. The average Bonchev–Trinajstić information content (AvgIpc) is 2.73. The van der Waals surface area contributed by atoms with Crippen molar-refractivity contribution in [3.8, 4) is 0 Å². The molecular weight excluding hydrogens is 226 g/mol. The number of hydrogen-bond acceptors (Lipinski definition) is 3. The van der Waals surface area contributed by atoms with Gasteiger partial charge in [-0.1, -0.05) is 0 Å². The molecule has 16 heavy (non-hydrogen) atoms. The van der Waals surface area contributed by atoms with Gasteiger partial charge in [0.1, 0.15) is 5.82 Å². The summed E-state index contributed by atoms with van der Waals surface area (Å²) in [6.45, 7) is 2.81. The molecule has 0 aliphatic rings. The first-order valence-electron chi connectivity index (χ1n) is 4.88. The summed E-state index contributed by atoms with van der Waals surface area (Å²) < 4.78 is 3.66. The van der Waals surface area contributed by atoms with Crippen LogP contribution >= 0.6 is 12.4 Å². The molecule has 0 saturated carbocycles. The van der Waals surface area contributed by atoms with E-state index in [1.807, 2.05) is 37.2 Å². The largest absolute Gasteiger partial charge is 0.363 e. The van der Waals surface area contributed by atoms with Crippen molar-refractivity contribution in [2.45, 2.75) is 13.5 Å². The van der Waals surface area contributed by atoms with Gasteiger partial charge in [-0.15, -0.1) is 12.4 Å². The highest BCUT2D eigenvalue weighted by Crippen LogP contribution is 2.08. The maximum atomic E-state index is 4.25. The summed E-state index contributed by atoms with van der Waals surface area (Å²) in [6, 6.07) is 1.95. The Morgan fingerprint density at radius 3 is 2.62 bits per heavy atom. The molecule has 0 bridgehead atoms. The Morgan fingerprint density at radius 2 is 2.12 bits per heavy atom. The molecule has 0 fully saturated rings. The van der Waals surface area contributed by atoms with Crippen LogP contribution in [-0.4, -0.2) is 19.6 Å². The van der Waals surface area contributed by atoms with Crippen molar-refractivity contribution in [3.05, 3.63) is 29.7 Å². The van der Waals surface area contributed by atoms with Crippen molar-refractivity contribution in [1.29, 1.82) is 0 Å². The molecule has 2 aromatic rings. The highest BCUT2D eigenvalue weighted by molar-refractivity contribution is 5.85. The molecule has 88 valence electrons. The van der Waals surface area contributed by atoms with Gasteiger partial charge in [-0.2, -0.15) is 10.2 Å². The van der Waals surface area contributed by atoms with Gasteiger partial charge in [0.05, 0.1) is 18.4 Å². The maximum absolute atomic E-state index is 4.25. The lowest BCUT2D eigenvalue weighted by Crippen LogP contribution is -2.07. The van der Waals surface area contributed by atoms with Crippen LogP contribution in [0.5, 0.6) is 0 Å². The molecule has 5 nitrogen and oxygen atoms in total. The van der Waals surface area contributed by atoms with E-state index in [-0.39, 0.29) is 12.4 Å². The SMILES string of the molecule is Cc1cnn(C)c1CNc1ccn(C)n1.Cl. The average molecular weight is 242 g/mol. The third-order valence-corrected chi connectivity index (χ3v) is 2.42. The minimum Gasteiger partial charge on any atom is -0.363 e. The van der Waals surface area contributed by atoms with Crippen LogP contribution in [0.25, 0.3) is 0 Å². The molecule has 0 aromatic carbocycles. The Hall–Kier alpha value is -1.49. The van der Waals surface area contributed by atoms with Crippen LogP contribution in [-0.2, 0) is 20.6 Å². The summed E-state index contributed by atoms with van der Waals surface area (Å²) in [5.74, 6) is 0.887. The van der Waals surface area contributed by atoms with Gasteiger partial charge < -0.3 is 5.32 Å². The topological polar surface area (TPSA) is 47.7 Å². The third kappa shape index (κ3) is 2.55. The third-order valence-electron chi connectivity index (χ3n) is 2.42. The van der Waals surface area contributed by atoms with Crippen LogP contribution in [0.4, 0.5) is 5.82 Å². The van der Waals surface area contributed by atoms with E-state index in [4.69, 9.17) is 0 Å². The number of hydrogen-bond donors (Lipinski definition) is 1. The van der Waals surface area contributed by atoms with E-state index in [1.165, 1.54) is 11.3 Å². The van der Waals surface area contributed by atoms with Gasteiger partial charge in [0, 0.05) is 26.4 Å². The van der Waals surface area contributed by atoms with Gasteiger partial charge >= 0.3 is 0 Å². The molecule has 2 rings (SSSR count). The Morgan fingerprint density at radius 1 is 1.38 bits per heavy atom. The van der Waals surface area contributed by atoms with Crippen LogP contribution in [0.3, 0.4) is 0 Å². The monoisotopic (exact) mass is 241 g/mol. The van der Waals surface area contributed by atoms with Gasteiger partial charge in [-0.3, -0.25) is 9.36 Å². The molecule has 0 atom stereocenters. The molecule has 2 aromatic heterocycles. The second-order valence-electron chi connectivity index (χ2n) is 3.63. The fraction of sp³-hybridized carbons (Fsp3) is 0.400. The molecule has 0 unspecified atom stereocenters. The number of rotatable bonds is 3. The summed E-state index contributed by atoms with van der Waals surface area (Å²) >= 11 is 0. The number of nitrogens with one attached hydrogen (secondary N) is 1. The Bertz CT molecular complexity index is 440. The van der Waals surface area contributed by atoms with Gasteiger partial charge in [-0.25, -0.2) is 0 Å². The predicted molar refractivity (Wildman–Crippen MR) is 65.7 cm³/mol. The molecule has 2 heterocycles. The maximum Gasteiger partial charge on any atom is 0.148 e. The highest BCUT2D eigenvalue weighted by atomic mass is 35.5. The van der Waals surface area contributed by atoms with Crippen molar-refractivity contribution in [1.82, 2.24) is 19.6 Å². The minimum atomic E-state index is 0. The Kier molecular flexibility index (Phi) is 3.95. The summed E-state index contributed by atoms with van der Waals surface area (Å²) in [7, 11) is 3.85. The minimum absolute atomic E-state index is 0. The summed E-state index contributed by atoms with van der Waals surface area (Å²) in [6.07, 6.45) is 3.79. The van der Waals surface area contributed by atoms with Crippen LogP contribution in [0.2, 0.25) is 0 Å². The predicted octanol–water partition coefficient (Wildman–Crippen LogP) is 1.50. The van der Waals surface area contributed by atoms with Crippen LogP contribution < -0.4 is 5.32 Å². The zero-order chi connectivity index (χ0) is 10.8. The van der Waals surface area contributed by atoms with E-state index in [2.05, 4.69) is 22.4 Å². The van der Waals surface area contributed by atoms with Crippen molar-refractivity contribution in [2.75, 3.05) is 5.32 Å². The molecule has 6 heteroatoms. The molecule has 0 saturated heterocycles. The normalized spacial score (nSPS) is 9.94. The van der Waals surface area contributed by atoms with Gasteiger partial charge in [0.15, 0.2) is 0 Å². The zero-order valence-corrected chi connectivity index (χ0v) is 10.5. The molecular formula is C10H16ClN5. The van der Waals surface area contributed by atoms with Crippen LogP contribution in [0, 0.1) is 6.92 Å². The van der Waals surface area contributed by atoms with Crippen LogP contribution in [0.15, 0.2) is 18.5 Å². The summed E-state index contributed by atoms with van der Waals surface area (Å²) in [4.78, 5) is 0. The lowest BCUT2D eigenvalue weighted by Gasteiger charge is -2.04. The molecule has 1 N–H and O–H groups in total. The lowest BCUT2D eigenvalue weighted by atomic mass is 10.3. The second kappa shape index (κ2) is 5.03. The summed E-state index contributed by atoms with van der Waals surface area (Å²) in [5.41, 5.74) is 2.38. The van der Waals surface area contributed by atoms with Gasteiger partial charge in [0.2, 0.25) is 0 Å². The van der Waals surface area contributed by atoms with Crippen molar-refractivity contribution in [2.24, 2.45) is 14.1 Å². The molecule has 0 amide bonds. The highest BCUT2D eigenvalue weighted by Gasteiger charge is 2.04. The van der Waals surface area contributed by atoms with E-state index >= 15 is 0 Å². The van der Waals surface area contributed by atoms with Crippen LogP contribution in [0.1, 0.15) is 11.3 Å².